The number of ketones is 1. The second-order valence-electron chi connectivity index (χ2n) is 9.52. The molecule has 0 aliphatic heterocycles. The summed E-state index contributed by atoms with van der Waals surface area (Å²) in [5.41, 5.74) is 0.693. The number of methoxy groups -OCH3 is 2. The van der Waals surface area contributed by atoms with E-state index in [1.807, 2.05) is 13.8 Å². The van der Waals surface area contributed by atoms with E-state index in [1.165, 1.54) is 14.2 Å². The summed E-state index contributed by atoms with van der Waals surface area (Å²) in [7, 11) is 3.05. The number of carbonyl (C=O) groups is 4. The summed E-state index contributed by atoms with van der Waals surface area (Å²) in [5, 5.41) is 10.9. The van der Waals surface area contributed by atoms with Crippen LogP contribution in [0.2, 0.25) is 0 Å². The van der Waals surface area contributed by atoms with E-state index < -0.39 is 35.7 Å². The molecule has 4 amide bonds. The lowest BCUT2D eigenvalue weighted by Crippen LogP contribution is -2.56. The van der Waals surface area contributed by atoms with Gasteiger partial charge in [0.1, 0.15) is 17.5 Å². The lowest BCUT2D eigenvalue weighted by molar-refractivity contribution is -0.140. The van der Waals surface area contributed by atoms with Crippen LogP contribution in [0.5, 0.6) is 11.5 Å². The minimum atomic E-state index is -1.01. The second-order valence-corrected chi connectivity index (χ2v) is 9.52. The van der Waals surface area contributed by atoms with E-state index in [2.05, 4.69) is 21.3 Å². The van der Waals surface area contributed by atoms with Crippen LogP contribution in [0.3, 0.4) is 0 Å². The second kappa shape index (κ2) is 14.3. The molecule has 2 atom stereocenters. The molecule has 0 saturated heterocycles. The molecule has 0 spiro atoms. The number of amides is 4. The summed E-state index contributed by atoms with van der Waals surface area (Å²) in [6, 6.07) is 3.05. The first-order valence-corrected chi connectivity index (χ1v) is 12.6. The third-order valence-electron chi connectivity index (χ3n) is 6.15. The van der Waals surface area contributed by atoms with E-state index in [0.29, 0.717) is 23.5 Å². The molecule has 4 N–H and O–H groups in total. The van der Waals surface area contributed by atoms with Gasteiger partial charge in [-0.3, -0.25) is 14.4 Å². The monoisotopic (exact) mass is 504 g/mol. The van der Waals surface area contributed by atoms with Gasteiger partial charge in [-0.2, -0.15) is 0 Å². The molecule has 2 rings (SSSR count). The normalized spacial score (nSPS) is 15.1. The van der Waals surface area contributed by atoms with E-state index in [0.717, 1.165) is 25.7 Å². The molecule has 0 aromatic heterocycles. The summed E-state index contributed by atoms with van der Waals surface area (Å²) < 4.78 is 10.4. The molecule has 1 aliphatic carbocycles. The smallest absolute Gasteiger partial charge is 0.315 e. The average molecular weight is 505 g/mol. The molecule has 1 fully saturated rings. The number of carbonyl (C=O) groups excluding carboxylic acids is 4. The average Bonchev–Trinajstić information content (AvgIpc) is 3.37. The first kappa shape index (κ1) is 28.9. The van der Waals surface area contributed by atoms with Crippen molar-refractivity contribution in [2.45, 2.75) is 84.0 Å². The molecule has 36 heavy (non-hydrogen) atoms. The zero-order valence-electron chi connectivity index (χ0n) is 21.9. The topological polar surface area (TPSA) is 135 Å². The Hall–Kier alpha value is -3.30. The largest absolute Gasteiger partial charge is 0.497 e. The first-order chi connectivity index (χ1) is 17.2. The molecule has 10 nitrogen and oxygen atoms in total. The molecule has 1 saturated carbocycles. The van der Waals surface area contributed by atoms with E-state index in [4.69, 9.17) is 9.47 Å². The molecule has 0 heterocycles. The highest BCUT2D eigenvalue weighted by Crippen LogP contribution is 2.22. The van der Waals surface area contributed by atoms with Crippen LogP contribution in [0.4, 0.5) is 4.79 Å². The molecule has 200 valence electrons. The van der Waals surface area contributed by atoms with Gasteiger partial charge in [-0.25, -0.2) is 4.79 Å². The SMILES string of the molecule is CCC(NC(=O)[C@H](CC(C)C)NC(=O)NC1CCCC1)C(=O)C(=O)NCc1cc(OC)cc(OC)c1. The van der Waals surface area contributed by atoms with Crippen LogP contribution in [0, 0.1) is 5.92 Å². The van der Waals surface area contributed by atoms with Gasteiger partial charge in [0.15, 0.2) is 0 Å². The third-order valence-corrected chi connectivity index (χ3v) is 6.15. The van der Waals surface area contributed by atoms with Crippen LogP contribution >= 0.6 is 0 Å². The predicted molar refractivity (Wildman–Crippen MR) is 136 cm³/mol. The Kier molecular flexibility index (Phi) is 11.5. The fourth-order valence-corrected chi connectivity index (χ4v) is 4.18. The Bertz CT molecular complexity index is 891. The fourth-order valence-electron chi connectivity index (χ4n) is 4.18. The molecule has 0 radical (unpaired) electrons. The third kappa shape index (κ3) is 9.05. The highest BCUT2D eigenvalue weighted by molar-refractivity contribution is 6.38. The van der Waals surface area contributed by atoms with Crippen molar-refractivity contribution in [1.82, 2.24) is 21.3 Å². The maximum absolute atomic E-state index is 13.0. The van der Waals surface area contributed by atoms with Crippen LogP contribution < -0.4 is 30.7 Å². The van der Waals surface area contributed by atoms with Gasteiger partial charge in [-0.1, -0.05) is 33.6 Å². The fraction of sp³-hybridized carbons (Fsp3) is 0.615. The van der Waals surface area contributed by atoms with E-state index in [1.54, 1.807) is 25.1 Å². The summed E-state index contributed by atoms with van der Waals surface area (Å²) in [5.74, 6) is -0.800. The lowest BCUT2D eigenvalue weighted by atomic mass is 10.0. The zero-order chi connectivity index (χ0) is 26.7. The zero-order valence-corrected chi connectivity index (χ0v) is 21.9. The van der Waals surface area contributed by atoms with Crippen LogP contribution in [0.25, 0.3) is 0 Å². The van der Waals surface area contributed by atoms with Crippen molar-refractivity contribution < 1.29 is 28.7 Å². The highest BCUT2D eigenvalue weighted by Gasteiger charge is 2.30. The van der Waals surface area contributed by atoms with Crippen molar-refractivity contribution in [2.75, 3.05) is 14.2 Å². The Morgan fingerprint density at radius 3 is 2.08 bits per heavy atom. The number of hydrogen-bond acceptors (Lipinski definition) is 6. The molecular weight excluding hydrogens is 464 g/mol. The molecular formula is C26H40N4O6. The minimum Gasteiger partial charge on any atom is -0.497 e. The van der Waals surface area contributed by atoms with Gasteiger partial charge >= 0.3 is 6.03 Å². The Morgan fingerprint density at radius 2 is 1.56 bits per heavy atom. The van der Waals surface area contributed by atoms with Crippen molar-refractivity contribution in [3.8, 4) is 11.5 Å². The predicted octanol–water partition coefficient (Wildman–Crippen LogP) is 2.44. The van der Waals surface area contributed by atoms with Crippen molar-refractivity contribution in [3.05, 3.63) is 23.8 Å². The summed E-state index contributed by atoms with van der Waals surface area (Å²) in [6.07, 6.45) is 4.65. The number of rotatable bonds is 13. The van der Waals surface area contributed by atoms with Crippen molar-refractivity contribution in [1.29, 1.82) is 0 Å². The van der Waals surface area contributed by atoms with Crippen molar-refractivity contribution in [2.24, 2.45) is 5.92 Å². The summed E-state index contributed by atoms with van der Waals surface area (Å²) in [6.45, 7) is 5.68. The van der Waals surface area contributed by atoms with Gasteiger partial charge in [-0.15, -0.1) is 0 Å². The maximum atomic E-state index is 13.0. The number of urea groups is 1. The van der Waals surface area contributed by atoms with Gasteiger partial charge in [-0.05, 0) is 49.3 Å². The molecule has 1 unspecified atom stereocenters. The molecule has 10 heteroatoms. The molecule has 1 aliphatic rings. The number of ether oxygens (including phenoxy) is 2. The van der Waals surface area contributed by atoms with Crippen molar-refractivity contribution in [3.63, 3.8) is 0 Å². The molecule has 1 aromatic carbocycles. The van der Waals surface area contributed by atoms with Gasteiger partial charge in [0.25, 0.3) is 5.91 Å². The minimum absolute atomic E-state index is 0.0847. The first-order valence-electron chi connectivity index (χ1n) is 12.6. The lowest BCUT2D eigenvalue weighted by Gasteiger charge is -2.24. The van der Waals surface area contributed by atoms with Crippen LogP contribution in [-0.4, -0.2) is 56.0 Å². The number of nitrogens with one attached hydrogen (secondary N) is 4. The van der Waals surface area contributed by atoms with Gasteiger partial charge in [0.05, 0.1) is 20.3 Å². The Balaban J connectivity index is 1.97. The molecule has 1 aromatic rings. The van der Waals surface area contributed by atoms with Crippen LogP contribution in [0.15, 0.2) is 18.2 Å². The van der Waals surface area contributed by atoms with E-state index in [9.17, 15) is 19.2 Å². The van der Waals surface area contributed by atoms with Crippen molar-refractivity contribution >= 4 is 23.6 Å². The summed E-state index contributed by atoms with van der Waals surface area (Å²) >= 11 is 0. The Labute approximate surface area is 213 Å². The van der Waals surface area contributed by atoms with Gasteiger partial charge in [0.2, 0.25) is 11.7 Å². The van der Waals surface area contributed by atoms with Crippen LogP contribution in [0.1, 0.15) is 64.9 Å². The number of Topliss-reactive ketones (excluding diaryl/α,β-unsaturated/α-hetero) is 1. The maximum Gasteiger partial charge on any atom is 0.315 e. The summed E-state index contributed by atoms with van der Waals surface area (Å²) in [4.78, 5) is 50.8. The molecule has 0 bridgehead atoms. The highest BCUT2D eigenvalue weighted by atomic mass is 16.5. The van der Waals surface area contributed by atoms with E-state index >= 15 is 0 Å². The number of benzene rings is 1. The van der Waals surface area contributed by atoms with Gasteiger partial charge in [0, 0.05) is 18.7 Å². The quantitative estimate of drug-likeness (QED) is 0.305. The van der Waals surface area contributed by atoms with Gasteiger partial charge < -0.3 is 30.7 Å². The number of hydrogen-bond donors (Lipinski definition) is 4. The van der Waals surface area contributed by atoms with E-state index in [-0.39, 0.29) is 24.9 Å². The Morgan fingerprint density at radius 1 is 0.944 bits per heavy atom. The standard InChI is InChI=1S/C26H40N4O6/c1-6-21(23(31)25(33)27-15-17-12-19(35-4)14-20(13-17)36-5)29-24(32)22(11-16(2)3)30-26(34)28-18-9-7-8-10-18/h12-14,16,18,21-22H,6-11,15H2,1-5H3,(H,27,33)(H,29,32)(H2,28,30,34)/t21?,22-/m0/s1. The van der Waals surface area contributed by atoms with Crippen LogP contribution in [-0.2, 0) is 20.9 Å².